The van der Waals surface area contributed by atoms with Crippen LogP contribution in [-0.4, -0.2) is 86.5 Å². The number of methoxy groups -OCH3 is 1. The zero-order valence-corrected chi connectivity index (χ0v) is 17.4. The summed E-state index contributed by atoms with van der Waals surface area (Å²) in [5.74, 6) is 0. The minimum absolute atomic E-state index is 0.173. The van der Waals surface area contributed by atoms with Gasteiger partial charge in [-0.15, -0.1) is 0 Å². The van der Waals surface area contributed by atoms with Gasteiger partial charge in [0.15, 0.2) is 5.13 Å². The van der Waals surface area contributed by atoms with E-state index in [-0.39, 0.29) is 11.7 Å². The number of likely N-dealkylation sites (N-methyl/N-ethyl adjacent to an activating group) is 1. The van der Waals surface area contributed by atoms with Crippen LogP contribution in [0.15, 0.2) is 24.3 Å². The zero-order valence-electron chi connectivity index (χ0n) is 16.6. The summed E-state index contributed by atoms with van der Waals surface area (Å²) in [5.41, 5.74) is 0.717. The van der Waals surface area contributed by atoms with Crippen molar-refractivity contribution in [1.82, 2.24) is 14.8 Å². The number of carbonyl (C=O) groups is 1. The van der Waals surface area contributed by atoms with Crippen LogP contribution in [0.4, 0.5) is 9.93 Å². The van der Waals surface area contributed by atoms with E-state index in [1.54, 1.807) is 18.4 Å². The lowest BCUT2D eigenvalue weighted by molar-refractivity contribution is 0.0367. The van der Waals surface area contributed by atoms with Crippen molar-refractivity contribution in [2.45, 2.75) is 18.4 Å². The molecule has 0 N–H and O–H groups in total. The fourth-order valence-corrected chi connectivity index (χ4v) is 4.89. The predicted molar refractivity (Wildman–Crippen MR) is 111 cm³/mol. The molecule has 0 atom stereocenters. The molecule has 2 aliphatic heterocycles. The third-order valence-corrected chi connectivity index (χ3v) is 6.79. The Labute approximate surface area is 169 Å². The highest BCUT2D eigenvalue weighted by atomic mass is 32.1. The summed E-state index contributed by atoms with van der Waals surface area (Å²) in [6.45, 7) is 5.52. The van der Waals surface area contributed by atoms with Crippen LogP contribution in [0.25, 0.3) is 10.2 Å². The molecule has 1 amide bonds. The molecule has 28 heavy (non-hydrogen) atoms. The van der Waals surface area contributed by atoms with Crippen LogP contribution in [0.1, 0.15) is 12.8 Å². The topological polar surface area (TPSA) is 58.1 Å². The number of fused-ring (bicyclic) bond motifs is 1. The monoisotopic (exact) mass is 404 g/mol. The van der Waals surface area contributed by atoms with Crippen LogP contribution < -0.4 is 4.90 Å². The number of thiazole rings is 1. The number of rotatable bonds is 7. The van der Waals surface area contributed by atoms with E-state index in [4.69, 9.17) is 14.5 Å². The molecule has 0 radical (unpaired) electrons. The van der Waals surface area contributed by atoms with E-state index >= 15 is 0 Å². The molecule has 3 heterocycles. The van der Waals surface area contributed by atoms with Crippen molar-refractivity contribution < 1.29 is 14.3 Å². The molecule has 2 aromatic rings. The Morgan fingerprint density at radius 1 is 1.29 bits per heavy atom. The molecule has 1 spiro atoms. The van der Waals surface area contributed by atoms with Gasteiger partial charge in [0.1, 0.15) is 5.60 Å². The third-order valence-electron chi connectivity index (χ3n) is 5.70. The quantitative estimate of drug-likeness (QED) is 0.707. The van der Waals surface area contributed by atoms with Crippen LogP contribution in [-0.2, 0) is 9.47 Å². The zero-order chi connectivity index (χ0) is 19.6. The van der Waals surface area contributed by atoms with Crippen molar-refractivity contribution in [3.05, 3.63) is 24.3 Å². The number of hydrogen-bond donors (Lipinski definition) is 0. The van der Waals surface area contributed by atoms with Crippen molar-refractivity contribution in [2.24, 2.45) is 0 Å². The van der Waals surface area contributed by atoms with Gasteiger partial charge in [0.25, 0.3) is 0 Å². The normalized spacial score (nSPS) is 19.2. The second-order valence-corrected chi connectivity index (χ2v) is 8.73. The molecule has 4 rings (SSSR count). The summed E-state index contributed by atoms with van der Waals surface area (Å²) in [6.07, 6.45) is 1.53. The number of anilines is 1. The Balaban J connectivity index is 1.32. The highest BCUT2D eigenvalue weighted by molar-refractivity contribution is 7.22. The van der Waals surface area contributed by atoms with Crippen LogP contribution in [0.2, 0.25) is 0 Å². The number of nitrogens with zero attached hydrogens (tertiary/aromatic N) is 4. The van der Waals surface area contributed by atoms with Crippen LogP contribution >= 0.6 is 11.3 Å². The first-order valence-electron chi connectivity index (χ1n) is 9.84. The smallest absolute Gasteiger partial charge is 0.410 e. The second-order valence-electron chi connectivity index (χ2n) is 7.72. The van der Waals surface area contributed by atoms with Gasteiger partial charge in [-0.3, -0.25) is 0 Å². The first-order chi connectivity index (χ1) is 13.6. The van der Waals surface area contributed by atoms with Crippen LogP contribution in [0.3, 0.4) is 0 Å². The number of ether oxygens (including phenoxy) is 2. The molecule has 7 nitrogen and oxygen atoms in total. The highest BCUT2D eigenvalue weighted by Crippen LogP contribution is 2.36. The van der Waals surface area contributed by atoms with Crippen molar-refractivity contribution in [2.75, 3.05) is 64.9 Å². The molecular formula is C20H28N4O3S. The first-order valence-corrected chi connectivity index (χ1v) is 10.7. The minimum atomic E-state index is -0.338. The minimum Gasteiger partial charge on any atom is -0.441 e. The summed E-state index contributed by atoms with van der Waals surface area (Å²) >= 11 is 1.73. The molecule has 0 bridgehead atoms. The molecule has 152 valence electrons. The Kier molecular flexibility index (Phi) is 5.70. The lowest BCUT2D eigenvalue weighted by atomic mass is 9.91. The molecule has 2 saturated heterocycles. The Bertz CT molecular complexity index is 786. The number of hydrogen-bond acceptors (Lipinski definition) is 7. The van der Waals surface area contributed by atoms with E-state index in [0.29, 0.717) is 19.7 Å². The fourth-order valence-electron chi connectivity index (χ4n) is 3.88. The molecular weight excluding hydrogens is 376 g/mol. The molecule has 2 aliphatic rings. The molecule has 0 saturated carbocycles. The van der Waals surface area contributed by atoms with Crippen molar-refractivity contribution in [3.63, 3.8) is 0 Å². The number of para-hydroxylation sites is 1. The predicted octanol–water partition coefficient (Wildman–Crippen LogP) is 2.67. The SMILES string of the molecule is COCCN(C)CCN1CC2(CCN(c3nc4ccccc4s3)CC2)OC1=O. The van der Waals surface area contributed by atoms with Gasteiger partial charge in [0.05, 0.1) is 23.4 Å². The van der Waals surface area contributed by atoms with E-state index < -0.39 is 0 Å². The summed E-state index contributed by atoms with van der Waals surface area (Å²) in [7, 11) is 3.75. The number of aromatic nitrogens is 1. The van der Waals surface area contributed by atoms with Crippen molar-refractivity contribution >= 4 is 32.8 Å². The standard InChI is InChI=1S/C20H28N4O3S/c1-22(13-14-26-2)11-12-24-15-20(27-19(24)25)7-9-23(10-8-20)18-21-16-5-3-4-6-17(16)28-18/h3-6H,7-15H2,1-2H3. The summed E-state index contributed by atoms with van der Waals surface area (Å²) in [5, 5.41) is 1.07. The van der Waals surface area contributed by atoms with Gasteiger partial charge in [-0.2, -0.15) is 0 Å². The summed E-state index contributed by atoms with van der Waals surface area (Å²) in [4.78, 5) is 23.5. The average Bonchev–Trinajstić information content (AvgIpc) is 3.26. The maximum atomic E-state index is 12.4. The lowest BCUT2D eigenvalue weighted by Crippen LogP contribution is -2.47. The van der Waals surface area contributed by atoms with E-state index in [2.05, 4.69) is 28.0 Å². The van der Waals surface area contributed by atoms with E-state index in [1.165, 1.54) is 4.70 Å². The highest BCUT2D eigenvalue weighted by Gasteiger charge is 2.47. The van der Waals surface area contributed by atoms with Crippen molar-refractivity contribution in [1.29, 1.82) is 0 Å². The van der Waals surface area contributed by atoms with Crippen molar-refractivity contribution in [3.8, 4) is 0 Å². The van der Waals surface area contributed by atoms with Crippen LogP contribution in [0, 0.1) is 0 Å². The molecule has 2 fully saturated rings. The number of piperidine rings is 1. The summed E-state index contributed by atoms with van der Waals surface area (Å²) < 4.78 is 12.2. The van der Waals surface area contributed by atoms with Gasteiger partial charge >= 0.3 is 6.09 Å². The molecule has 0 aliphatic carbocycles. The van der Waals surface area contributed by atoms with Gasteiger partial charge < -0.3 is 24.2 Å². The molecule has 8 heteroatoms. The Morgan fingerprint density at radius 3 is 2.82 bits per heavy atom. The Hall–Kier alpha value is -1.90. The fraction of sp³-hybridized carbons (Fsp3) is 0.600. The van der Waals surface area contributed by atoms with E-state index in [0.717, 1.165) is 49.7 Å². The number of amides is 1. The lowest BCUT2D eigenvalue weighted by Gasteiger charge is -2.37. The molecule has 1 aromatic heterocycles. The largest absolute Gasteiger partial charge is 0.441 e. The van der Waals surface area contributed by atoms with E-state index in [1.807, 2.05) is 18.0 Å². The molecule has 1 aromatic carbocycles. The van der Waals surface area contributed by atoms with Gasteiger partial charge in [-0.1, -0.05) is 23.5 Å². The maximum Gasteiger partial charge on any atom is 0.410 e. The van der Waals surface area contributed by atoms with Gasteiger partial charge in [0.2, 0.25) is 0 Å². The van der Waals surface area contributed by atoms with Crippen LogP contribution in [0.5, 0.6) is 0 Å². The number of benzene rings is 1. The van der Waals surface area contributed by atoms with E-state index in [9.17, 15) is 4.79 Å². The number of carbonyl (C=O) groups excluding carboxylic acids is 1. The van der Waals surface area contributed by atoms with Gasteiger partial charge in [0, 0.05) is 52.7 Å². The molecule has 0 unspecified atom stereocenters. The summed E-state index contributed by atoms with van der Waals surface area (Å²) in [6, 6.07) is 8.24. The Morgan fingerprint density at radius 2 is 2.07 bits per heavy atom. The first kappa shape index (κ1) is 19.4. The maximum absolute atomic E-state index is 12.4. The average molecular weight is 405 g/mol. The van der Waals surface area contributed by atoms with Gasteiger partial charge in [-0.05, 0) is 19.2 Å². The third kappa shape index (κ3) is 4.09. The second kappa shape index (κ2) is 8.23. The van der Waals surface area contributed by atoms with Gasteiger partial charge in [-0.25, -0.2) is 9.78 Å².